The maximum atomic E-state index is 12.7. The molecule has 0 spiro atoms. The monoisotopic (exact) mass is 377 g/mol. The van der Waals surface area contributed by atoms with E-state index in [0.29, 0.717) is 18.5 Å². The fourth-order valence-corrected chi connectivity index (χ4v) is 3.37. The Morgan fingerprint density at radius 2 is 1.82 bits per heavy atom. The van der Waals surface area contributed by atoms with Crippen LogP contribution >= 0.6 is 0 Å². The van der Waals surface area contributed by atoms with E-state index in [2.05, 4.69) is 16.5 Å². The van der Waals surface area contributed by atoms with Gasteiger partial charge in [-0.25, -0.2) is 0 Å². The first-order valence-corrected chi connectivity index (χ1v) is 9.52. The van der Waals surface area contributed by atoms with Crippen LogP contribution in [0.4, 0.5) is 0 Å². The van der Waals surface area contributed by atoms with Gasteiger partial charge in [-0.2, -0.15) is 5.10 Å². The van der Waals surface area contributed by atoms with E-state index in [-0.39, 0.29) is 18.6 Å². The second-order valence-corrected chi connectivity index (χ2v) is 7.33. The molecule has 0 aliphatic heterocycles. The third-order valence-electron chi connectivity index (χ3n) is 4.75. The average Bonchev–Trinajstić information content (AvgIpc) is 2.98. The molecule has 0 aliphatic rings. The molecule has 1 atom stereocenters. The summed E-state index contributed by atoms with van der Waals surface area (Å²) in [4.78, 5) is 12.7. The molecule has 0 aliphatic carbocycles. The molecular weight excluding hydrogens is 350 g/mol. The van der Waals surface area contributed by atoms with Gasteiger partial charge in [-0.3, -0.25) is 9.48 Å². The number of nitrogens with one attached hydrogen (secondary N) is 1. The third-order valence-corrected chi connectivity index (χ3v) is 4.75. The number of carbonyl (C=O) groups is 1. The SMILES string of the molecule is Cc1cccc(C[C@H](CO)NC(=O)c2cccc(Cn3nc(C)cc3C)c2)c1. The van der Waals surface area contributed by atoms with E-state index < -0.39 is 0 Å². The molecule has 5 nitrogen and oxygen atoms in total. The van der Waals surface area contributed by atoms with Crippen molar-refractivity contribution >= 4 is 5.91 Å². The van der Waals surface area contributed by atoms with Crippen LogP contribution in [0.2, 0.25) is 0 Å². The molecule has 0 saturated carbocycles. The summed E-state index contributed by atoms with van der Waals surface area (Å²) in [6.07, 6.45) is 0.593. The van der Waals surface area contributed by atoms with Crippen molar-refractivity contribution in [3.05, 3.63) is 88.2 Å². The topological polar surface area (TPSA) is 67.2 Å². The van der Waals surface area contributed by atoms with Gasteiger partial charge in [0.1, 0.15) is 0 Å². The highest BCUT2D eigenvalue weighted by Crippen LogP contribution is 2.11. The lowest BCUT2D eigenvalue weighted by atomic mass is 10.0. The van der Waals surface area contributed by atoms with Crippen LogP contribution in [0, 0.1) is 20.8 Å². The quantitative estimate of drug-likeness (QED) is 0.664. The van der Waals surface area contributed by atoms with Crippen LogP contribution in [0.3, 0.4) is 0 Å². The highest BCUT2D eigenvalue weighted by atomic mass is 16.3. The van der Waals surface area contributed by atoms with Gasteiger partial charge in [0.15, 0.2) is 0 Å². The van der Waals surface area contributed by atoms with Crippen molar-refractivity contribution in [2.24, 2.45) is 0 Å². The molecule has 0 radical (unpaired) electrons. The van der Waals surface area contributed by atoms with Crippen LogP contribution in [0.1, 0.15) is 38.4 Å². The number of hydrogen-bond donors (Lipinski definition) is 2. The molecule has 2 N–H and O–H groups in total. The molecule has 146 valence electrons. The fraction of sp³-hybridized carbons (Fsp3) is 0.304. The lowest BCUT2D eigenvalue weighted by Crippen LogP contribution is -2.39. The van der Waals surface area contributed by atoms with Gasteiger partial charge in [0, 0.05) is 11.3 Å². The van der Waals surface area contributed by atoms with Crippen LogP contribution in [-0.4, -0.2) is 33.4 Å². The summed E-state index contributed by atoms with van der Waals surface area (Å²) in [5.74, 6) is -0.179. The maximum absolute atomic E-state index is 12.7. The van der Waals surface area contributed by atoms with Crippen molar-refractivity contribution in [2.45, 2.75) is 39.8 Å². The van der Waals surface area contributed by atoms with Gasteiger partial charge in [-0.05, 0) is 56.5 Å². The van der Waals surface area contributed by atoms with E-state index in [9.17, 15) is 9.90 Å². The number of benzene rings is 2. The van der Waals surface area contributed by atoms with Crippen LogP contribution < -0.4 is 5.32 Å². The van der Waals surface area contributed by atoms with E-state index in [4.69, 9.17) is 0 Å². The summed E-state index contributed by atoms with van der Waals surface area (Å²) in [6.45, 7) is 6.54. The number of amides is 1. The van der Waals surface area contributed by atoms with Crippen LogP contribution in [0.5, 0.6) is 0 Å². The molecule has 0 bridgehead atoms. The number of aliphatic hydroxyl groups is 1. The van der Waals surface area contributed by atoms with Crippen molar-refractivity contribution < 1.29 is 9.90 Å². The lowest BCUT2D eigenvalue weighted by Gasteiger charge is -2.17. The first-order chi connectivity index (χ1) is 13.4. The molecule has 1 amide bonds. The third kappa shape index (κ3) is 5.08. The molecular formula is C23H27N3O2. The predicted octanol–water partition coefficient (Wildman–Crippen LogP) is 3.19. The predicted molar refractivity (Wildman–Crippen MR) is 110 cm³/mol. The van der Waals surface area contributed by atoms with Crippen molar-refractivity contribution in [1.82, 2.24) is 15.1 Å². The minimum absolute atomic E-state index is 0.106. The number of aliphatic hydroxyl groups excluding tert-OH is 1. The Morgan fingerprint density at radius 1 is 1.07 bits per heavy atom. The molecule has 3 aromatic rings. The second-order valence-electron chi connectivity index (χ2n) is 7.33. The van der Waals surface area contributed by atoms with Gasteiger partial charge < -0.3 is 10.4 Å². The molecule has 0 unspecified atom stereocenters. The highest BCUT2D eigenvalue weighted by molar-refractivity contribution is 5.94. The molecule has 5 heteroatoms. The largest absolute Gasteiger partial charge is 0.394 e. The van der Waals surface area contributed by atoms with Crippen molar-refractivity contribution in [3.8, 4) is 0 Å². The highest BCUT2D eigenvalue weighted by Gasteiger charge is 2.14. The van der Waals surface area contributed by atoms with E-state index in [1.54, 1.807) is 6.07 Å². The van der Waals surface area contributed by atoms with Crippen molar-refractivity contribution in [3.63, 3.8) is 0 Å². The molecule has 2 aromatic carbocycles. The zero-order chi connectivity index (χ0) is 20.1. The van der Waals surface area contributed by atoms with Crippen LogP contribution in [-0.2, 0) is 13.0 Å². The molecule has 1 aromatic heterocycles. The first-order valence-electron chi connectivity index (χ1n) is 9.52. The summed E-state index contributed by atoms with van der Waals surface area (Å²) in [7, 11) is 0. The van der Waals surface area contributed by atoms with E-state index in [1.807, 2.05) is 67.9 Å². The normalized spacial score (nSPS) is 12.0. The standard InChI is InChI=1S/C23H27N3O2/c1-16-6-4-7-19(10-16)13-22(15-27)24-23(28)21-9-5-8-20(12-21)14-26-18(3)11-17(2)25-26/h4-12,22,27H,13-15H2,1-3H3,(H,24,28)/t22-/m1/s1. The first kappa shape index (κ1) is 19.8. The van der Waals surface area contributed by atoms with E-state index in [0.717, 1.165) is 28.1 Å². The van der Waals surface area contributed by atoms with Crippen LogP contribution in [0.25, 0.3) is 0 Å². The van der Waals surface area contributed by atoms with Gasteiger partial charge >= 0.3 is 0 Å². The minimum atomic E-state index is -0.325. The Kier molecular flexibility index (Phi) is 6.26. The summed E-state index contributed by atoms with van der Waals surface area (Å²) < 4.78 is 1.93. The summed E-state index contributed by atoms with van der Waals surface area (Å²) >= 11 is 0. The van der Waals surface area contributed by atoms with Gasteiger partial charge in [0.25, 0.3) is 5.91 Å². The Bertz CT molecular complexity index is 962. The Labute approximate surface area is 166 Å². The van der Waals surface area contributed by atoms with Gasteiger partial charge in [0.05, 0.1) is 24.9 Å². The Hall–Kier alpha value is -2.92. The number of aryl methyl sites for hydroxylation is 3. The zero-order valence-corrected chi connectivity index (χ0v) is 16.6. The Balaban J connectivity index is 1.68. The zero-order valence-electron chi connectivity index (χ0n) is 16.6. The van der Waals surface area contributed by atoms with Crippen LogP contribution in [0.15, 0.2) is 54.6 Å². The number of rotatable bonds is 7. The fourth-order valence-electron chi connectivity index (χ4n) is 3.37. The molecule has 3 rings (SSSR count). The van der Waals surface area contributed by atoms with E-state index in [1.165, 1.54) is 0 Å². The summed E-state index contributed by atoms with van der Waals surface area (Å²) in [5.41, 5.74) is 5.92. The number of aromatic nitrogens is 2. The number of hydrogen-bond acceptors (Lipinski definition) is 3. The smallest absolute Gasteiger partial charge is 0.251 e. The number of nitrogens with zero attached hydrogens (tertiary/aromatic N) is 2. The summed E-state index contributed by atoms with van der Waals surface area (Å²) in [5, 5.41) is 17.1. The molecule has 1 heterocycles. The van der Waals surface area contributed by atoms with E-state index >= 15 is 0 Å². The molecule has 0 saturated heterocycles. The number of carbonyl (C=O) groups excluding carboxylic acids is 1. The average molecular weight is 377 g/mol. The second kappa shape index (κ2) is 8.85. The van der Waals surface area contributed by atoms with Gasteiger partial charge in [-0.1, -0.05) is 42.0 Å². The molecule has 28 heavy (non-hydrogen) atoms. The minimum Gasteiger partial charge on any atom is -0.394 e. The Morgan fingerprint density at radius 3 is 2.50 bits per heavy atom. The van der Waals surface area contributed by atoms with Gasteiger partial charge in [-0.15, -0.1) is 0 Å². The van der Waals surface area contributed by atoms with Crippen molar-refractivity contribution in [2.75, 3.05) is 6.61 Å². The summed E-state index contributed by atoms with van der Waals surface area (Å²) in [6, 6.07) is 17.4. The lowest BCUT2D eigenvalue weighted by molar-refractivity contribution is 0.0916. The van der Waals surface area contributed by atoms with Crippen molar-refractivity contribution in [1.29, 1.82) is 0 Å². The van der Waals surface area contributed by atoms with Gasteiger partial charge in [0.2, 0.25) is 0 Å². The maximum Gasteiger partial charge on any atom is 0.251 e. The molecule has 0 fully saturated rings.